The molecular weight excluding hydrogens is 392 g/mol. The Bertz CT molecular complexity index is 875. The molecule has 2 aliphatic rings. The molecule has 5 nitrogen and oxygen atoms in total. The van der Waals surface area contributed by atoms with E-state index in [1.807, 2.05) is 29.2 Å². The summed E-state index contributed by atoms with van der Waals surface area (Å²) in [6.45, 7) is 5.24. The predicted molar refractivity (Wildman–Crippen MR) is 128 cm³/mol. The van der Waals surface area contributed by atoms with E-state index in [1.165, 1.54) is 30.5 Å². The Morgan fingerprint density at radius 2 is 1.57 bits per heavy atom. The van der Waals surface area contributed by atoms with E-state index in [9.17, 15) is 4.79 Å². The minimum Gasteiger partial charge on any atom is -0.372 e. The molecule has 0 spiro atoms. The molecule has 2 aromatic rings. The number of hydrogen-bond acceptors (Lipinski definition) is 3. The van der Waals surface area contributed by atoms with Gasteiger partial charge in [0.15, 0.2) is 5.11 Å². The molecule has 0 radical (unpaired) electrons. The Morgan fingerprint density at radius 3 is 2.20 bits per heavy atom. The number of anilines is 3. The molecule has 2 aromatic carbocycles. The Balaban J connectivity index is 1.30. The van der Waals surface area contributed by atoms with Crippen molar-refractivity contribution < 1.29 is 4.79 Å². The summed E-state index contributed by atoms with van der Waals surface area (Å²) in [6.07, 6.45) is 5.50. The van der Waals surface area contributed by atoms with Gasteiger partial charge in [0.25, 0.3) is 0 Å². The molecule has 0 aromatic heterocycles. The van der Waals surface area contributed by atoms with E-state index < -0.39 is 0 Å². The molecule has 0 aliphatic carbocycles. The molecule has 6 heteroatoms. The van der Waals surface area contributed by atoms with Crippen molar-refractivity contribution in [2.45, 2.75) is 45.1 Å². The maximum atomic E-state index is 11.9. The van der Waals surface area contributed by atoms with Gasteiger partial charge in [0.2, 0.25) is 5.91 Å². The zero-order valence-electron chi connectivity index (χ0n) is 17.6. The van der Waals surface area contributed by atoms with E-state index in [0.29, 0.717) is 11.5 Å². The quantitative estimate of drug-likeness (QED) is 0.675. The molecule has 2 saturated heterocycles. The molecule has 1 atom stereocenters. The maximum absolute atomic E-state index is 11.9. The lowest BCUT2D eigenvalue weighted by Crippen LogP contribution is -2.31. The maximum Gasteiger partial charge on any atom is 0.227 e. The number of nitrogens with zero attached hydrogens (tertiary/aromatic N) is 2. The number of hydrogen-bond donors (Lipinski definition) is 2. The molecule has 30 heavy (non-hydrogen) atoms. The fourth-order valence-corrected chi connectivity index (χ4v) is 4.51. The van der Waals surface area contributed by atoms with Crippen LogP contribution in [-0.2, 0) is 4.79 Å². The normalized spacial score (nSPS) is 17.7. The van der Waals surface area contributed by atoms with Gasteiger partial charge in [-0.3, -0.25) is 4.79 Å². The van der Waals surface area contributed by atoms with E-state index in [-0.39, 0.29) is 11.9 Å². The molecule has 0 saturated carbocycles. The Hall–Kier alpha value is -2.60. The van der Waals surface area contributed by atoms with Crippen LogP contribution in [0.3, 0.4) is 0 Å². The summed E-state index contributed by atoms with van der Waals surface area (Å²) < 4.78 is 0. The first-order chi connectivity index (χ1) is 14.6. The number of benzene rings is 2. The molecule has 0 unspecified atom stereocenters. The van der Waals surface area contributed by atoms with Gasteiger partial charge in [-0.25, -0.2) is 0 Å². The summed E-state index contributed by atoms with van der Waals surface area (Å²) in [6, 6.07) is 16.8. The second kappa shape index (κ2) is 9.47. The monoisotopic (exact) mass is 422 g/mol. The van der Waals surface area contributed by atoms with Crippen molar-refractivity contribution in [3.05, 3.63) is 54.1 Å². The average Bonchev–Trinajstić information content (AvgIpc) is 3.21. The lowest BCUT2D eigenvalue weighted by atomic mass is 10.1. The Kier molecular flexibility index (Phi) is 6.53. The Morgan fingerprint density at radius 1 is 0.900 bits per heavy atom. The molecule has 2 aliphatic heterocycles. The van der Waals surface area contributed by atoms with Crippen LogP contribution < -0.4 is 20.4 Å². The first-order valence-corrected chi connectivity index (χ1v) is 11.3. The summed E-state index contributed by atoms with van der Waals surface area (Å²) in [4.78, 5) is 16.2. The van der Waals surface area contributed by atoms with Crippen molar-refractivity contribution >= 4 is 40.3 Å². The molecule has 2 fully saturated rings. The van der Waals surface area contributed by atoms with Gasteiger partial charge in [-0.2, -0.15) is 0 Å². The topological polar surface area (TPSA) is 47.6 Å². The summed E-state index contributed by atoms with van der Waals surface area (Å²) in [7, 11) is 0. The third-order valence-electron chi connectivity index (χ3n) is 5.97. The van der Waals surface area contributed by atoms with E-state index in [4.69, 9.17) is 12.2 Å². The van der Waals surface area contributed by atoms with Crippen LogP contribution in [0.5, 0.6) is 0 Å². The third kappa shape index (κ3) is 4.93. The molecule has 2 heterocycles. The van der Waals surface area contributed by atoms with Crippen LogP contribution in [0.4, 0.5) is 17.1 Å². The van der Waals surface area contributed by atoms with Gasteiger partial charge in [0, 0.05) is 43.1 Å². The van der Waals surface area contributed by atoms with Crippen LogP contribution in [0.1, 0.15) is 50.6 Å². The van der Waals surface area contributed by atoms with Gasteiger partial charge in [0.1, 0.15) is 0 Å². The highest BCUT2D eigenvalue weighted by molar-refractivity contribution is 7.80. The first-order valence-electron chi connectivity index (χ1n) is 10.9. The smallest absolute Gasteiger partial charge is 0.227 e. The van der Waals surface area contributed by atoms with E-state index in [0.717, 1.165) is 37.4 Å². The van der Waals surface area contributed by atoms with Gasteiger partial charge in [-0.05, 0) is 86.8 Å². The van der Waals surface area contributed by atoms with Crippen molar-refractivity contribution in [1.82, 2.24) is 5.32 Å². The minimum atomic E-state index is 0.113. The molecule has 4 rings (SSSR count). The van der Waals surface area contributed by atoms with Crippen molar-refractivity contribution in [3.63, 3.8) is 0 Å². The lowest BCUT2D eigenvalue weighted by molar-refractivity contribution is -0.117. The second-order valence-corrected chi connectivity index (χ2v) is 8.56. The molecule has 1 amide bonds. The molecule has 0 bridgehead atoms. The predicted octanol–water partition coefficient (Wildman–Crippen LogP) is 4.85. The summed E-state index contributed by atoms with van der Waals surface area (Å²) in [5, 5.41) is 7.20. The van der Waals surface area contributed by atoms with Crippen LogP contribution in [0.15, 0.2) is 48.5 Å². The highest BCUT2D eigenvalue weighted by Gasteiger charge is 2.21. The van der Waals surface area contributed by atoms with Gasteiger partial charge in [-0.1, -0.05) is 12.1 Å². The van der Waals surface area contributed by atoms with Crippen LogP contribution in [0.25, 0.3) is 0 Å². The minimum absolute atomic E-state index is 0.113. The SMILES string of the molecule is C[C@@H](NC(=S)Nc1ccc(N2CCCC2=O)cc1)c1ccc(N2CCCCC2)cc1. The van der Waals surface area contributed by atoms with Gasteiger partial charge in [-0.15, -0.1) is 0 Å². The zero-order valence-corrected chi connectivity index (χ0v) is 18.4. The van der Waals surface area contributed by atoms with Crippen molar-refractivity contribution in [1.29, 1.82) is 0 Å². The second-order valence-electron chi connectivity index (χ2n) is 8.16. The van der Waals surface area contributed by atoms with Crippen molar-refractivity contribution in [2.75, 3.05) is 34.8 Å². The van der Waals surface area contributed by atoms with Crippen LogP contribution >= 0.6 is 12.2 Å². The number of nitrogens with one attached hydrogen (secondary N) is 2. The number of thiocarbonyl (C=S) groups is 1. The summed E-state index contributed by atoms with van der Waals surface area (Å²) >= 11 is 5.50. The summed E-state index contributed by atoms with van der Waals surface area (Å²) in [5.74, 6) is 0.202. The highest BCUT2D eigenvalue weighted by Crippen LogP contribution is 2.24. The van der Waals surface area contributed by atoms with Crippen molar-refractivity contribution in [2.24, 2.45) is 0 Å². The van der Waals surface area contributed by atoms with Gasteiger partial charge >= 0.3 is 0 Å². The van der Waals surface area contributed by atoms with Crippen LogP contribution in [0.2, 0.25) is 0 Å². The van der Waals surface area contributed by atoms with E-state index in [2.05, 4.69) is 46.7 Å². The number of rotatable bonds is 5. The number of carbonyl (C=O) groups is 1. The molecule has 158 valence electrons. The van der Waals surface area contributed by atoms with Gasteiger partial charge < -0.3 is 20.4 Å². The molecular formula is C24H30N4OS. The third-order valence-corrected chi connectivity index (χ3v) is 6.19. The largest absolute Gasteiger partial charge is 0.372 e. The van der Waals surface area contributed by atoms with E-state index in [1.54, 1.807) is 0 Å². The number of carbonyl (C=O) groups excluding carboxylic acids is 1. The number of piperidine rings is 1. The lowest BCUT2D eigenvalue weighted by Gasteiger charge is -2.29. The highest BCUT2D eigenvalue weighted by atomic mass is 32.1. The Labute approximate surface area is 184 Å². The fourth-order valence-electron chi connectivity index (χ4n) is 4.22. The number of amides is 1. The zero-order chi connectivity index (χ0) is 20.9. The molecule has 2 N–H and O–H groups in total. The van der Waals surface area contributed by atoms with Crippen molar-refractivity contribution in [3.8, 4) is 0 Å². The van der Waals surface area contributed by atoms with Crippen LogP contribution in [-0.4, -0.2) is 30.7 Å². The average molecular weight is 423 g/mol. The van der Waals surface area contributed by atoms with Gasteiger partial charge in [0.05, 0.1) is 6.04 Å². The standard InChI is InChI=1S/C24H30N4OS/c1-18(19-7-11-21(12-8-19)27-15-3-2-4-16-27)25-24(30)26-20-9-13-22(14-10-20)28-17-5-6-23(28)29/h7-14,18H,2-6,15-17H2,1H3,(H2,25,26,30)/t18-/m1/s1. The van der Waals surface area contributed by atoms with E-state index >= 15 is 0 Å². The first kappa shape index (κ1) is 20.7. The fraction of sp³-hybridized carbons (Fsp3) is 0.417. The van der Waals surface area contributed by atoms with Crippen LogP contribution in [0, 0.1) is 0 Å². The summed E-state index contributed by atoms with van der Waals surface area (Å²) in [5.41, 5.74) is 4.38.